The van der Waals surface area contributed by atoms with Crippen molar-refractivity contribution in [3.63, 3.8) is 0 Å². The molecule has 1 amide bonds. The molecular formula is C13H19N5O. The van der Waals surface area contributed by atoms with Gasteiger partial charge in [0.1, 0.15) is 0 Å². The second-order valence-corrected chi connectivity index (χ2v) is 6.75. The van der Waals surface area contributed by atoms with E-state index in [0.29, 0.717) is 5.82 Å². The molecule has 0 unspecified atom stereocenters. The van der Waals surface area contributed by atoms with Gasteiger partial charge in [0.05, 0.1) is 6.42 Å². The minimum absolute atomic E-state index is 0.0448. The average molecular weight is 261 g/mol. The Kier molecular flexibility index (Phi) is 2.40. The van der Waals surface area contributed by atoms with Crippen molar-refractivity contribution in [1.29, 1.82) is 0 Å². The smallest absolute Gasteiger partial charge is 0.228 e. The van der Waals surface area contributed by atoms with E-state index in [-0.39, 0.29) is 17.9 Å². The summed E-state index contributed by atoms with van der Waals surface area (Å²) >= 11 is 0. The number of H-pyrrole nitrogens is 1. The lowest BCUT2D eigenvalue weighted by atomic mass is 9.53. The molecule has 5 rings (SSSR count). The Hall–Kier alpha value is -1.46. The molecule has 4 fully saturated rings. The first-order valence-electron chi connectivity index (χ1n) is 7.24. The summed E-state index contributed by atoms with van der Waals surface area (Å²) < 4.78 is 0. The van der Waals surface area contributed by atoms with Crippen LogP contribution in [0.5, 0.6) is 0 Å². The summed E-state index contributed by atoms with van der Waals surface area (Å²) in [6.07, 6.45) is 7.93. The largest absolute Gasteiger partial charge is 0.350 e. The topological polar surface area (TPSA) is 83.6 Å². The molecule has 0 aromatic carbocycles. The second-order valence-electron chi connectivity index (χ2n) is 6.75. The van der Waals surface area contributed by atoms with Crippen molar-refractivity contribution in [3.05, 3.63) is 5.82 Å². The highest BCUT2D eigenvalue weighted by Crippen LogP contribution is 2.55. The van der Waals surface area contributed by atoms with Crippen LogP contribution in [0.25, 0.3) is 0 Å². The third-order valence-corrected chi connectivity index (χ3v) is 5.15. The molecule has 0 atom stereocenters. The SMILES string of the molecule is O=C(Cc1nn[nH]n1)NC12CC3CC(CC(C3)C1)C2. The van der Waals surface area contributed by atoms with Gasteiger partial charge in [-0.3, -0.25) is 4.79 Å². The van der Waals surface area contributed by atoms with Crippen LogP contribution in [0, 0.1) is 17.8 Å². The van der Waals surface area contributed by atoms with Crippen LogP contribution >= 0.6 is 0 Å². The highest BCUT2D eigenvalue weighted by molar-refractivity contribution is 5.78. The monoisotopic (exact) mass is 261 g/mol. The van der Waals surface area contributed by atoms with Gasteiger partial charge in [-0.25, -0.2) is 0 Å². The van der Waals surface area contributed by atoms with Crippen LogP contribution in [-0.2, 0) is 11.2 Å². The van der Waals surface area contributed by atoms with E-state index in [0.717, 1.165) is 17.8 Å². The van der Waals surface area contributed by atoms with Gasteiger partial charge in [0, 0.05) is 5.54 Å². The Morgan fingerprint density at radius 2 is 1.84 bits per heavy atom. The van der Waals surface area contributed by atoms with Gasteiger partial charge in [-0.15, -0.1) is 10.2 Å². The first-order valence-corrected chi connectivity index (χ1v) is 7.24. The van der Waals surface area contributed by atoms with Crippen LogP contribution in [0.3, 0.4) is 0 Å². The number of carbonyl (C=O) groups is 1. The molecule has 2 N–H and O–H groups in total. The molecule has 6 nitrogen and oxygen atoms in total. The van der Waals surface area contributed by atoms with E-state index in [4.69, 9.17) is 0 Å². The van der Waals surface area contributed by atoms with Crippen LogP contribution in [0.4, 0.5) is 0 Å². The highest BCUT2D eigenvalue weighted by Gasteiger charge is 2.51. The number of nitrogens with one attached hydrogen (secondary N) is 2. The van der Waals surface area contributed by atoms with E-state index in [1.165, 1.54) is 38.5 Å². The maximum atomic E-state index is 12.2. The number of nitrogens with zero attached hydrogens (tertiary/aromatic N) is 3. The van der Waals surface area contributed by atoms with Gasteiger partial charge in [0.15, 0.2) is 5.82 Å². The fraction of sp³-hybridized carbons (Fsp3) is 0.846. The summed E-state index contributed by atoms with van der Waals surface area (Å²) in [5.74, 6) is 3.05. The summed E-state index contributed by atoms with van der Waals surface area (Å²) in [4.78, 5) is 12.2. The minimum atomic E-state index is 0.0448. The van der Waals surface area contributed by atoms with Crippen molar-refractivity contribution in [2.75, 3.05) is 0 Å². The van der Waals surface area contributed by atoms with E-state index < -0.39 is 0 Å². The van der Waals surface area contributed by atoms with Gasteiger partial charge in [-0.2, -0.15) is 5.21 Å². The number of aromatic amines is 1. The molecule has 0 radical (unpaired) electrons. The maximum Gasteiger partial charge on any atom is 0.228 e. The first kappa shape index (κ1) is 11.4. The molecule has 6 heteroatoms. The zero-order chi connectivity index (χ0) is 12.9. The van der Waals surface area contributed by atoms with Crippen LogP contribution in [0.15, 0.2) is 0 Å². The van der Waals surface area contributed by atoms with Crippen LogP contribution in [-0.4, -0.2) is 32.1 Å². The van der Waals surface area contributed by atoms with Gasteiger partial charge < -0.3 is 5.32 Å². The van der Waals surface area contributed by atoms with Crippen LogP contribution in [0.2, 0.25) is 0 Å². The maximum absolute atomic E-state index is 12.2. The molecule has 1 heterocycles. The zero-order valence-electron chi connectivity index (χ0n) is 10.9. The Morgan fingerprint density at radius 3 is 2.37 bits per heavy atom. The second kappa shape index (κ2) is 4.02. The number of tetrazole rings is 1. The number of hydrogen-bond donors (Lipinski definition) is 2. The normalized spacial score (nSPS) is 39.5. The van der Waals surface area contributed by atoms with Gasteiger partial charge in [-0.1, -0.05) is 5.21 Å². The Morgan fingerprint density at radius 1 is 1.21 bits per heavy atom. The summed E-state index contributed by atoms with van der Waals surface area (Å²) in [6.45, 7) is 0. The lowest BCUT2D eigenvalue weighted by molar-refractivity contribution is -0.126. The highest BCUT2D eigenvalue weighted by atomic mass is 16.1. The molecule has 19 heavy (non-hydrogen) atoms. The third kappa shape index (κ3) is 2.03. The average Bonchev–Trinajstić information content (AvgIpc) is 2.78. The van der Waals surface area contributed by atoms with Crippen LogP contribution < -0.4 is 5.32 Å². The zero-order valence-corrected chi connectivity index (χ0v) is 10.9. The molecule has 1 aromatic heterocycles. The summed E-state index contributed by atoms with van der Waals surface area (Å²) in [7, 11) is 0. The molecule has 1 aromatic rings. The number of aromatic nitrogens is 4. The lowest BCUT2D eigenvalue weighted by Gasteiger charge is -2.56. The lowest BCUT2D eigenvalue weighted by Crippen LogP contribution is -2.60. The van der Waals surface area contributed by atoms with Crippen molar-refractivity contribution < 1.29 is 4.79 Å². The summed E-state index contributed by atoms with van der Waals surface area (Å²) in [6, 6.07) is 0. The molecule has 4 aliphatic rings. The van der Waals surface area contributed by atoms with Crippen molar-refractivity contribution in [2.45, 2.75) is 50.5 Å². The number of amides is 1. The van der Waals surface area contributed by atoms with Gasteiger partial charge in [0.2, 0.25) is 5.91 Å². The van der Waals surface area contributed by atoms with Crippen molar-refractivity contribution in [2.24, 2.45) is 17.8 Å². The Labute approximate surface area is 111 Å². The van der Waals surface area contributed by atoms with Gasteiger partial charge in [-0.05, 0) is 56.3 Å². The van der Waals surface area contributed by atoms with Crippen molar-refractivity contribution in [3.8, 4) is 0 Å². The predicted molar refractivity (Wildman–Crippen MR) is 66.9 cm³/mol. The number of hydrogen-bond acceptors (Lipinski definition) is 4. The molecule has 0 saturated heterocycles. The molecule has 4 bridgehead atoms. The fourth-order valence-corrected chi connectivity index (χ4v) is 5.00. The molecule has 0 spiro atoms. The van der Waals surface area contributed by atoms with E-state index in [1.807, 2.05) is 0 Å². The first-order chi connectivity index (χ1) is 9.21. The van der Waals surface area contributed by atoms with Crippen LogP contribution in [0.1, 0.15) is 44.3 Å². The van der Waals surface area contributed by atoms with Gasteiger partial charge >= 0.3 is 0 Å². The Balaban J connectivity index is 1.46. The van der Waals surface area contributed by atoms with E-state index >= 15 is 0 Å². The van der Waals surface area contributed by atoms with Crippen molar-refractivity contribution in [1.82, 2.24) is 25.9 Å². The standard InChI is InChI=1S/C13H19N5O/c19-12(4-11-15-17-18-16-11)14-13-5-8-1-9(6-13)3-10(2-8)7-13/h8-10H,1-7H2,(H,14,19)(H,15,16,17,18). The molecule has 0 aliphatic heterocycles. The minimum Gasteiger partial charge on any atom is -0.350 e. The summed E-state index contributed by atoms with van der Waals surface area (Å²) in [5.41, 5.74) is 0.0789. The molecule has 4 saturated carbocycles. The summed E-state index contributed by atoms with van der Waals surface area (Å²) in [5, 5.41) is 16.9. The Bertz CT molecular complexity index is 448. The quantitative estimate of drug-likeness (QED) is 0.844. The van der Waals surface area contributed by atoms with Gasteiger partial charge in [0.25, 0.3) is 0 Å². The van der Waals surface area contributed by atoms with E-state index in [1.54, 1.807) is 0 Å². The number of carbonyl (C=O) groups excluding carboxylic acids is 1. The van der Waals surface area contributed by atoms with Crippen molar-refractivity contribution >= 4 is 5.91 Å². The van der Waals surface area contributed by atoms with E-state index in [2.05, 4.69) is 25.9 Å². The molecular weight excluding hydrogens is 242 g/mol. The molecule has 4 aliphatic carbocycles. The third-order valence-electron chi connectivity index (χ3n) is 5.15. The predicted octanol–water partition coefficient (Wildman–Crippen LogP) is 0.827. The van der Waals surface area contributed by atoms with E-state index in [9.17, 15) is 4.79 Å². The molecule has 102 valence electrons. The number of rotatable bonds is 3. The fourth-order valence-electron chi connectivity index (χ4n) is 5.00.